The summed E-state index contributed by atoms with van der Waals surface area (Å²) in [7, 11) is 0. The number of hydrogen-bond donors (Lipinski definition) is 1. The molecule has 2 fully saturated rings. The maximum absolute atomic E-state index is 13.3. The second-order valence-electron chi connectivity index (χ2n) is 9.68. The van der Waals surface area contributed by atoms with Crippen LogP contribution in [-0.4, -0.2) is 51.9 Å². The molecule has 4 heterocycles. The van der Waals surface area contributed by atoms with Gasteiger partial charge < -0.3 is 9.64 Å². The number of benzene rings is 1. The van der Waals surface area contributed by atoms with Crippen molar-refractivity contribution in [3.8, 4) is 5.00 Å². The Morgan fingerprint density at radius 3 is 2.76 bits per heavy atom. The van der Waals surface area contributed by atoms with Crippen LogP contribution in [0, 0.1) is 5.92 Å². The molecule has 0 bridgehead atoms. The van der Waals surface area contributed by atoms with E-state index in [-0.39, 0.29) is 17.9 Å². The Bertz CT molecular complexity index is 1280. The van der Waals surface area contributed by atoms with Crippen molar-refractivity contribution < 1.29 is 9.53 Å². The molecule has 3 aromatic rings. The Labute approximate surface area is 207 Å². The van der Waals surface area contributed by atoms with Crippen LogP contribution in [0.25, 0.3) is 5.00 Å². The monoisotopic (exact) mass is 495 g/mol. The Hall–Kier alpha value is -2.26. The van der Waals surface area contributed by atoms with Gasteiger partial charge in [-0.15, -0.1) is 21.5 Å². The lowest BCUT2D eigenvalue weighted by Crippen LogP contribution is -2.44. The number of nitrogens with one attached hydrogen (secondary N) is 1. The zero-order valence-corrected chi connectivity index (χ0v) is 20.4. The molecule has 7 nitrogen and oxygen atoms in total. The Morgan fingerprint density at radius 1 is 1.15 bits per heavy atom. The van der Waals surface area contributed by atoms with E-state index < -0.39 is 0 Å². The molecule has 2 atom stereocenters. The summed E-state index contributed by atoms with van der Waals surface area (Å²) in [4.78, 5) is 16.6. The number of carbonyl (C=O) groups is 1. The minimum atomic E-state index is -0.0466. The van der Waals surface area contributed by atoms with E-state index in [0.717, 1.165) is 35.1 Å². The van der Waals surface area contributed by atoms with E-state index in [0.29, 0.717) is 38.8 Å². The van der Waals surface area contributed by atoms with Crippen molar-refractivity contribution in [1.82, 2.24) is 25.0 Å². The number of ether oxygens (including phenoxy) is 1. The maximum atomic E-state index is 13.3. The molecule has 1 N–H and O–H groups in total. The van der Waals surface area contributed by atoms with E-state index >= 15 is 0 Å². The van der Waals surface area contributed by atoms with Crippen LogP contribution < -0.4 is 5.32 Å². The molecule has 1 aromatic carbocycles. The summed E-state index contributed by atoms with van der Waals surface area (Å²) >= 11 is 8.53. The van der Waals surface area contributed by atoms with Crippen molar-refractivity contribution >= 4 is 28.8 Å². The summed E-state index contributed by atoms with van der Waals surface area (Å²) in [5.41, 5.74) is 3.64. The van der Waals surface area contributed by atoms with Gasteiger partial charge in [0.2, 0.25) is 5.91 Å². The zero-order valence-electron chi connectivity index (χ0n) is 18.8. The molecular weight excluding hydrogens is 470 g/mol. The van der Waals surface area contributed by atoms with E-state index in [1.807, 2.05) is 34.4 Å². The predicted molar refractivity (Wildman–Crippen MR) is 130 cm³/mol. The second-order valence-corrected chi connectivity index (χ2v) is 11.2. The van der Waals surface area contributed by atoms with Gasteiger partial charge in [0.05, 0.1) is 25.8 Å². The molecule has 7 rings (SSSR count). The lowest BCUT2D eigenvalue weighted by Gasteiger charge is -2.29. The highest BCUT2D eigenvalue weighted by Crippen LogP contribution is 2.49. The van der Waals surface area contributed by atoms with Gasteiger partial charge >= 0.3 is 0 Å². The first-order chi connectivity index (χ1) is 16.7. The molecule has 176 valence electrons. The number of fused-ring (bicyclic) bond motifs is 5. The number of amides is 1. The molecule has 2 aliphatic carbocycles. The molecular formula is C25H26ClN5O2S. The average molecular weight is 496 g/mol. The topological polar surface area (TPSA) is 72.3 Å². The maximum Gasteiger partial charge on any atom is 0.226 e. The molecule has 9 heteroatoms. The summed E-state index contributed by atoms with van der Waals surface area (Å²) in [6.07, 6.45) is 3.93. The summed E-state index contributed by atoms with van der Waals surface area (Å²) in [6, 6.07) is 8.03. The van der Waals surface area contributed by atoms with Gasteiger partial charge in [0, 0.05) is 40.4 Å². The number of hydrogen-bond acceptors (Lipinski definition) is 6. The summed E-state index contributed by atoms with van der Waals surface area (Å²) < 4.78 is 7.76. The zero-order chi connectivity index (χ0) is 22.8. The van der Waals surface area contributed by atoms with Crippen molar-refractivity contribution in [2.75, 3.05) is 26.3 Å². The molecule has 34 heavy (non-hydrogen) atoms. The van der Waals surface area contributed by atoms with Crippen LogP contribution in [0.3, 0.4) is 0 Å². The van der Waals surface area contributed by atoms with Gasteiger partial charge in [-0.25, -0.2) is 0 Å². The van der Waals surface area contributed by atoms with Gasteiger partial charge in [-0.05, 0) is 42.9 Å². The molecule has 1 amide bonds. The number of nitrogens with zero attached hydrogens (tertiary/aromatic N) is 4. The Kier molecular flexibility index (Phi) is 5.05. The third-order valence-electron chi connectivity index (χ3n) is 7.54. The highest BCUT2D eigenvalue weighted by molar-refractivity contribution is 7.15. The molecule has 2 aromatic heterocycles. The van der Waals surface area contributed by atoms with Crippen LogP contribution in [0.2, 0.25) is 5.02 Å². The summed E-state index contributed by atoms with van der Waals surface area (Å²) in [6.45, 7) is 3.28. The summed E-state index contributed by atoms with van der Waals surface area (Å²) in [5, 5.41) is 14.8. The predicted octanol–water partition coefficient (Wildman–Crippen LogP) is 3.63. The fraction of sp³-hybridized carbons (Fsp3) is 0.480. The van der Waals surface area contributed by atoms with Gasteiger partial charge in [0.25, 0.3) is 0 Å². The van der Waals surface area contributed by atoms with Crippen LogP contribution in [0.15, 0.2) is 24.3 Å². The highest BCUT2D eigenvalue weighted by Gasteiger charge is 2.41. The first-order valence-electron chi connectivity index (χ1n) is 12.1. The van der Waals surface area contributed by atoms with Crippen molar-refractivity contribution in [3.63, 3.8) is 0 Å². The molecule has 0 radical (unpaired) electrons. The summed E-state index contributed by atoms with van der Waals surface area (Å²) in [5.74, 6) is 2.80. The number of rotatable bonds is 3. The molecule has 4 aliphatic rings. The number of morpholine rings is 1. The molecule has 2 aliphatic heterocycles. The van der Waals surface area contributed by atoms with Crippen LogP contribution >= 0.6 is 22.9 Å². The van der Waals surface area contributed by atoms with E-state index in [2.05, 4.69) is 26.1 Å². The van der Waals surface area contributed by atoms with Crippen molar-refractivity contribution in [3.05, 3.63) is 62.5 Å². The Balaban J connectivity index is 1.33. The average Bonchev–Trinajstić information content (AvgIpc) is 3.40. The largest absolute Gasteiger partial charge is 0.378 e. The Morgan fingerprint density at radius 2 is 1.97 bits per heavy atom. The van der Waals surface area contributed by atoms with Crippen LogP contribution in [0.4, 0.5) is 0 Å². The minimum absolute atomic E-state index is 0.00286. The van der Waals surface area contributed by atoms with Crippen molar-refractivity contribution in [2.24, 2.45) is 5.92 Å². The molecule has 0 spiro atoms. The number of aromatic nitrogens is 3. The standard InChI is InChI=1S/C25H26ClN5O2S/c26-18-4-2-1-3-16(18)22-21-17-11-15(24(32)30-7-9-33-10-8-30)12-19(17)34-25(21)31-20(13-27-22)28-29-23(31)14-5-6-14/h1-4,14-15,22,27H,5-13H2/t15-,22-/m0/s1. The number of halogens is 1. The van der Waals surface area contributed by atoms with E-state index in [9.17, 15) is 4.79 Å². The fourth-order valence-corrected chi connectivity index (χ4v) is 7.39. The third kappa shape index (κ3) is 3.34. The number of carbonyl (C=O) groups excluding carboxylic acids is 1. The second kappa shape index (κ2) is 8.16. The highest BCUT2D eigenvalue weighted by atomic mass is 35.5. The smallest absolute Gasteiger partial charge is 0.226 e. The lowest BCUT2D eigenvalue weighted by atomic mass is 9.94. The SMILES string of the molecule is O=C([C@@H]1Cc2sc3c(c2C1)[C@H](c1ccccc1Cl)NCc1nnc(C2CC2)n1-3)N1CCOCC1. The quantitative estimate of drug-likeness (QED) is 0.600. The van der Waals surface area contributed by atoms with Gasteiger partial charge in [0.1, 0.15) is 10.8 Å². The van der Waals surface area contributed by atoms with Crippen LogP contribution in [-0.2, 0) is 28.9 Å². The van der Waals surface area contributed by atoms with Crippen molar-refractivity contribution in [1.29, 1.82) is 0 Å². The molecule has 1 saturated carbocycles. The van der Waals surface area contributed by atoms with Crippen LogP contribution in [0.5, 0.6) is 0 Å². The van der Waals surface area contributed by atoms with E-state index in [4.69, 9.17) is 16.3 Å². The van der Waals surface area contributed by atoms with Gasteiger partial charge in [0.15, 0.2) is 5.82 Å². The fourth-order valence-electron chi connectivity index (χ4n) is 5.67. The van der Waals surface area contributed by atoms with Crippen molar-refractivity contribution in [2.45, 2.75) is 44.2 Å². The van der Waals surface area contributed by atoms with Gasteiger partial charge in [-0.2, -0.15) is 0 Å². The van der Waals surface area contributed by atoms with E-state index in [1.165, 1.54) is 33.8 Å². The normalized spacial score (nSPS) is 23.9. The lowest BCUT2D eigenvalue weighted by molar-refractivity contribution is -0.139. The molecule has 0 unspecified atom stereocenters. The van der Waals surface area contributed by atoms with Gasteiger partial charge in [-0.1, -0.05) is 29.8 Å². The van der Waals surface area contributed by atoms with Crippen LogP contribution in [0.1, 0.15) is 58.0 Å². The minimum Gasteiger partial charge on any atom is -0.378 e. The molecule has 1 saturated heterocycles. The third-order valence-corrected chi connectivity index (χ3v) is 9.14. The van der Waals surface area contributed by atoms with Gasteiger partial charge in [-0.3, -0.25) is 14.7 Å². The first kappa shape index (κ1) is 21.1. The van der Waals surface area contributed by atoms with E-state index in [1.54, 1.807) is 0 Å². The number of thiophene rings is 1. The first-order valence-corrected chi connectivity index (χ1v) is 13.3.